The predicted octanol–water partition coefficient (Wildman–Crippen LogP) is 2.90. The molecular weight excluding hydrogens is 230 g/mol. The summed E-state index contributed by atoms with van der Waals surface area (Å²) in [5, 5.41) is 0. The lowest BCUT2D eigenvalue weighted by atomic mass is 10.0. The topological polar surface area (TPSA) is 29.4 Å². The molecule has 0 fully saturated rings. The first-order chi connectivity index (χ1) is 6.16. The van der Waals surface area contributed by atoms with Crippen LogP contribution in [0.25, 0.3) is 0 Å². The Balaban J connectivity index is 3.16. The van der Waals surface area contributed by atoms with Gasteiger partial charge in [0.15, 0.2) is 0 Å². The smallest absolute Gasteiger partial charge is 0.211 e. The fraction of sp³-hybridized carbons (Fsp3) is 0.300. The monoisotopic (exact) mass is 239 g/mol. The van der Waals surface area contributed by atoms with Gasteiger partial charge < -0.3 is 0 Å². The van der Waals surface area contributed by atoms with Crippen molar-refractivity contribution in [1.82, 2.24) is 0 Å². The highest BCUT2D eigenvalue weighted by atomic mass is 79.9. The second-order valence-corrected chi connectivity index (χ2v) is 3.73. The number of halogens is 1. The second kappa shape index (κ2) is 4.35. The van der Waals surface area contributed by atoms with E-state index >= 15 is 0 Å². The Morgan fingerprint density at radius 3 is 2.77 bits per heavy atom. The van der Waals surface area contributed by atoms with E-state index in [4.69, 9.17) is 0 Å². The van der Waals surface area contributed by atoms with E-state index in [1.165, 1.54) is 11.1 Å². The summed E-state index contributed by atoms with van der Waals surface area (Å²) >= 11 is 3.42. The van der Waals surface area contributed by atoms with E-state index in [9.17, 15) is 4.79 Å². The molecule has 0 aliphatic heterocycles. The lowest BCUT2D eigenvalue weighted by Crippen LogP contribution is -1.92. The molecule has 0 N–H and O–H groups in total. The summed E-state index contributed by atoms with van der Waals surface area (Å²) in [6, 6.07) is 4.01. The second-order valence-electron chi connectivity index (χ2n) is 2.88. The highest BCUT2D eigenvalue weighted by molar-refractivity contribution is 9.10. The van der Waals surface area contributed by atoms with Crippen molar-refractivity contribution >= 4 is 22.0 Å². The zero-order chi connectivity index (χ0) is 9.84. The molecule has 0 saturated heterocycles. The van der Waals surface area contributed by atoms with Gasteiger partial charge in [-0.25, -0.2) is 9.79 Å². The van der Waals surface area contributed by atoms with Crippen molar-refractivity contribution in [3.05, 3.63) is 33.3 Å². The third-order valence-corrected chi connectivity index (χ3v) is 2.86. The molecule has 1 aromatic carbocycles. The number of carbonyl (C=O) groups excluding carboxylic acids is 1. The molecule has 1 rings (SSSR count). The molecule has 13 heavy (non-hydrogen) atoms. The fourth-order valence-corrected chi connectivity index (χ4v) is 1.70. The standard InChI is InChI=1S/C10H10BrNO/c1-7-3-4-10(11)9(8(7)2)5-12-6-13/h3-4H,5H2,1-2H3. The third kappa shape index (κ3) is 2.27. The normalized spacial score (nSPS) is 9.46. The Kier molecular flexibility index (Phi) is 3.40. The number of aliphatic imine (C=N–C) groups is 1. The molecule has 0 aliphatic carbocycles. The predicted molar refractivity (Wildman–Crippen MR) is 55.4 cm³/mol. The number of hydrogen-bond donors (Lipinski definition) is 0. The molecule has 0 unspecified atom stereocenters. The van der Waals surface area contributed by atoms with Crippen LogP contribution in [0.2, 0.25) is 0 Å². The minimum Gasteiger partial charge on any atom is -0.211 e. The molecule has 0 spiro atoms. The van der Waals surface area contributed by atoms with Crippen molar-refractivity contribution in [1.29, 1.82) is 0 Å². The molecule has 1 aromatic rings. The van der Waals surface area contributed by atoms with Crippen LogP contribution in [0.1, 0.15) is 16.7 Å². The van der Waals surface area contributed by atoms with Gasteiger partial charge in [-0.1, -0.05) is 22.0 Å². The van der Waals surface area contributed by atoms with E-state index in [0.29, 0.717) is 6.54 Å². The minimum absolute atomic E-state index is 0.400. The number of benzene rings is 1. The van der Waals surface area contributed by atoms with Crippen molar-refractivity contribution in [2.24, 2.45) is 4.99 Å². The molecule has 0 amide bonds. The lowest BCUT2D eigenvalue weighted by Gasteiger charge is -2.07. The first kappa shape index (κ1) is 10.2. The van der Waals surface area contributed by atoms with Crippen LogP contribution in [0.5, 0.6) is 0 Å². The zero-order valence-electron chi connectivity index (χ0n) is 7.60. The lowest BCUT2D eigenvalue weighted by molar-refractivity contribution is 0.562. The molecule has 0 aromatic heterocycles. The Hall–Kier alpha value is -0.920. The van der Waals surface area contributed by atoms with E-state index in [1.54, 1.807) is 6.08 Å². The molecule has 0 heterocycles. The van der Waals surface area contributed by atoms with Crippen molar-refractivity contribution in [2.45, 2.75) is 20.4 Å². The Morgan fingerprint density at radius 1 is 1.46 bits per heavy atom. The van der Waals surface area contributed by atoms with Crippen molar-refractivity contribution in [3.63, 3.8) is 0 Å². The van der Waals surface area contributed by atoms with Gasteiger partial charge in [0.1, 0.15) is 0 Å². The maximum Gasteiger partial charge on any atom is 0.235 e. The van der Waals surface area contributed by atoms with E-state index in [0.717, 1.165) is 10.0 Å². The Labute approximate surface area is 85.8 Å². The molecule has 3 heteroatoms. The van der Waals surface area contributed by atoms with Crippen LogP contribution in [0, 0.1) is 13.8 Å². The molecule has 0 atom stereocenters. The van der Waals surface area contributed by atoms with E-state index in [2.05, 4.69) is 20.9 Å². The number of isocyanates is 1. The van der Waals surface area contributed by atoms with Gasteiger partial charge in [-0.2, -0.15) is 0 Å². The minimum atomic E-state index is 0.400. The van der Waals surface area contributed by atoms with Gasteiger partial charge in [-0.3, -0.25) is 0 Å². The van der Waals surface area contributed by atoms with Gasteiger partial charge in [0, 0.05) is 4.47 Å². The van der Waals surface area contributed by atoms with Crippen molar-refractivity contribution in [3.8, 4) is 0 Å². The van der Waals surface area contributed by atoms with Gasteiger partial charge in [-0.05, 0) is 36.6 Å². The molecule has 0 aliphatic rings. The molecule has 2 nitrogen and oxygen atoms in total. The summed E-state index contributed by atoms with van der Waals surface area (Å²) in [5.74, 6) is 0. The molecule has 0 radical (unpaired) electrons. The summed E-state index contributed by atoms with van der Waals surface area (Å²) in [4.78, 5) is 13.5. The molecular formula is C10H10BrNO. The molecule has 68 valence electrons. The number of nitrogens with zero attached hydrogens (tertiary/aromatic N) is 1. The van der Waals surface area contributed by atoms with Crippen LogP contribution in [-0.4, -0.2) is 6.08 Å². The largest absolute Gasteiger partial charge is 0.235 e. The average Bonchev–Trinajstić information content (AvgIpc) is 2.12. The van der Waals surface area contributed by atoms with Crippen molar-refractivity contribution < 1.29 is 4.79 Å². The average molecular weight is 240 g/mol. The molecule has 0 saturated carbocycles. The van der Waals surface area contributed by atoms with Gasteiger partial charge in [0.05, 0.1) is 6.54 Å². The SMILES string of the molecule is Cc1ccc(Br)c(CN=C=O)c1C. The summed E-state index contributed by atoms with van der Waals surface area (Å²) in [5.41, 5.74) is 3.44. The fourth-order valence-electron chi connectivity index (χ4n) is 1.15. The third-order valence-electron chi connectivity index (χ3n) is 2.11. The summed E-state index contributed by atoms with van der Waals surface area (Å²) in [6.45, 7) is 4.46. The molecule has 0 bridgehead atoms. The van der Waals surface area contributed by atoms with Crippen LogP contribution >= 0.6 is 15.9 Å². The maximum absolute atomic E-state index is 9.98. The Bertz CT molecular complexity index is 367. The quantitative estimate of drug-likeness (QED) is 0.577. The van der Waals surface area contributed by atoms with Gasteiger partial charge in [-0.15, -0.1) is 0 Å². The number of aryl methyl sites for hydroxylation is 1. The number of rotatable bonds is 2. The van der Waals surface area contributed by atoms with E-state index in [-0.39, 0.29) is 0 Å². The van der Waals surface area contributed by atoms with Crippen LogP contribution < -0.4 is 0 Å². The summed E-state index contributed by atoms with van der Waals surface area (Å²) < 4.78 is 0.995. The zero-order valence-corrected chi connectivity index (χ0v) is 9.18. The van der Waals surface area contributed by atoms with E-state index < -0.39 is 0 Å². The summed E-state index contributed by atoms with van der Waals surface area (Å²) in [6.07, 6.45) is 1.54. The Morgan fingerprint density at radius 2 is 2.15 bits per heavy atom. The summed E-state index contributed by atoms with van der Waals surface area (Å²) in [7, 11) is 0. The highest BCUT2D eigenvalue weighted by Crippen LogP contribution is 2.23. The van der Waals surface area contributed by atoms with Crippen LogP contribution in [0.3, 0.4) is 0 Å². The number of hydrogen-bond acceptors (Lipinski definition) is 2. The van der Waals surface area contributed by atoms with E-state index in [1.807, 2.05) is 26.0 Å². The van der Waals surface area contributed by atoms with Crippen molar-refractivity contribution in [2.75, 3.05) is 0 Å². The highest BCUT2D eigenvalue weighted by Gasteiger charge is 2.04. The maximum atomic E-state index is 9.98. The van der Waals surface area contributed by atoms with Crippen LogP contribution in [0.4, 0.5) is 0 Å². The first-order valence-corrected chi connectivity index (χ1v) is 4.74. The van der Waals surface area contributed by atoms with Gasteiger partial charge >= 0.3 is 0 Å². The van der Waals surface area contributed by atoms with Crippen LogP contribution in [-0.2, 0) is 11.3 Å². The van der Waals surface area contributed by atoms with Gasteiger partial charge in [0.2, 0.25) is 6.08 Å². The van der Waals surface area contributed by atoms with Gasteiger partial charge in [0.25, 0.3) is 0 Å². The first-order valence-electron chi connectivity index (χ1n) is 3.95. The van der Waals surface area contributed by atoms with Crippen LogP contribution in [0.15, 0.2) is 21.6 Å².